The van der Waals surface area contributed by atoms with E-state index in [1.807, 2.05) is 36.4 Å². The lowest BCUT2D eigenvalue weighted by Crippen LogP contribution is -2.32. The van der Waals surface area contributed by atoms with Crippen LogP contribution in [0.2, 0.25) is 6.04 Å². The van der Waals surface area contributed by atoms with Gasteiger partial charge in [-0.15, -0.1) is 6.58 Å². The molecule has 4 nitrogen and oxygen atoms in total. The summed E-state index contributed by atoms with van der Waals surface area (Å²) >= 11 is 0. The van der Waals surface area contributed by atoms with Gasteiger partial charge in [0.2, 0.25) is 9.04 Å². The molecule has 0 amide bonds. The summed E-state index contributed by atoms with van der Waals surface area (Å²) in [4.78, 5) is 10.6. The number of hydrogen-bond acceptors (Lipinski definition) is 3. The third-order valence-corrected chi connectivity index (χ3v) is 5.64. The van der Waals surface area contributed by atoms with Crippen molar-refractivity contribution in [1.29, 1.82) is 0 Å². The average molecular weight is 299 g/mol. The van der Waals surface area contributed by atoms with Gasteiger partial charge in [-0.1, -0.05) is 48.5 Å². The van der Waals surface area contributed by atoms with E-state index in [9.17, 15) is 10.1 Å². The first-order valence-corrected chi connectivity index (χ1v) is 8.58. The van der Waals surface area contributed by atoms with Crippen molar-refractivity contribution in [3.8, 4) is 0 Å². The molecular weight excluding hydrogens is 282 g/mol. The smallest absolute Gasteiger partial charge is 0.274 e. The minimum Gasteiger partial charge on any atom is -0.411 e. The number of para-hydroxylation sites is 1. The molecule has 108 valence electrons. The normalized spacial score (nSPS) is 11.8. The molecule has 0 aliphatic heterocycles. The predicted molar refractivity (Wildman–Crippen MR) is 86.1 cm³/mol. The van der Waals surface area contributed by atoms with Crippen molar-refractivity contribution < 1.29 is 9.35 Å². The maximum Gasteiger partial charge on any atom is 0.274 e. The fourth-order valence-corrected chi connectivity index (χ4v) is 4.06. The number of nitrogens with zero attached hydrogens (tertiary/aromatic N) is 1. The van der Waals surface area contributed by atoms with Crippen LogP contribution in [0.4, 0.5) is 5.69 Å². The zero-order valence-corrected chi connectivity index (χ0v) is 12.8. The molecule has 2 rings (SSSR count). The maximum atomic E-state index is 11.0. The van der Waals surface area contributed by atoms with Crippen LogP contribution < -0.4 is 5.19 Å². The summed E-state index contributed by atoms with van der Waals surface area (Å²) in [5, 5.41) is 12.2. The molecule has 0 aliphatic carbocycles. The van der Waals surface area contributed by atoms with E-state index in [1.165, 1.54) is 11.3 Å². The molecule has 0 spiro atoms. The fraction of sp³-hybridized carbons (Fsp3) is 0.125. The molecule has 2 aromatic carbocycles. The molecule has 0 heterocycles. The third-order valence-electron chi connectivity index (χ3n) is 3.18. The van der Waals surface area contributed by atoms with Gasteiger partial charge in [-0.05, 0) is 17.3 Å². The molecule has 0 fully saturated rings. The number of nitro benzene ring substituents is 1. The van der Waals surface area contributed by atoms with Crippen LogP contribution in [0.5, 0.6) is 0 Å². The number of hydrogen-bond donors (Lipinski definition) is 0. The number of benzene rings is 2. The molecule has 5 heteroatoms. The van der Waals surface area contributed by atoms with Crippen LogP contribution in [-0.4, -0.2) is 14.0 Å². The average Bonchev–Trinajstić information content (AvgIpc) is 2.52. The SMILES string of the molecule is C=CC[SiH](OCc1ccccc1[N+](=O)[O-])c1ccccc1. The minimum absolute atomic E-state index is 0.108. The van der Waals surface area contributed by atoms with Crippen LogP contribution in [0.1, 0.15) is 5.56 Å². The van der Waals surface area contributed by atoms with Crippen molar-refractivity contribution in [1.82, 2.24) is 0 Å². The quantitative estimate of drug-likeness (QED) is 0.342. The van der Waals surface area contributed by atoms with Crippen molar-refractivity contribution in [3.05, 3.63) is 82.9 Å². The van der Waals surface area contributed by atoms with Crippen molar-refractivity contribution in [3.63, 3.8) is 0 Å². The molecule has 0 radical (unpaired) electrons. The van der Waals surface area contributed by atoms with Crippen LogP contribution in [0.25, 0.3) is 0 Å². The fourth-order valence-electron chi connectivity index (χ4n) is 2.12. The van der Waals surface area contributed by atoms with Crippen LogP contribution in [0.15, 0.2) is 67.3 Å². The maximum absolute atomic E-state index is 11.0. The zero-order chi connectivity index (χ0) is 15.1. The van der Waals surface area contributed by atoms with Gasteiger partial charge < -0.3 is 4.43 Å². The second kappa shape index (κ2) is 7.52. The van der Waals surface area contributed by atoms with Gasteiger partial charge >= 0.3 is 0 Å². The van der Waals surface area contributed by atoms with Gasteiger partial charge in [-0.3, -0.25) is 10.1 Å². The molecule has 0 N–H and O–H groups in total. The molecule has 0 aliphatic rings. The van der Waals surface area contributed by atoms with Gasteiger partial charge in [-0.25, -0.2) is 0 Å². The van der Waals surface area contributed by atoms with Crippen molar-refractivity contribution in [2.45, 2.75) is 12.7 Å². The third kappa shape index (κ3) is 4.11. The summed E-state index contributed by atoms with van der Waals surface area (Å²) in [6.07, 6.45) is 1.85. The predicted octanol–water partition coefficient (Wildman–Crippen LogP) is 2.93. The Morgan fingerprint density at radius 2 is 1.81 bits per heavy atom. The van der Waals surface area contributed by atoms with Crippen LogP contribution in [0.3, 0.4) is 0 Å². The first-order chi connectivity index (χ1) is 10.2. The van der Waals surface area contributed by atoms with Crippen molar-refractivity contribution >= 4 is 19.9 Å². The highest BCUT2D eigenvalue weighted by atomic mass is 28.3. The summed E-state index contributed by atoms with van der Waals surface area (Å²) in [5.74, 6) is 0. The molecular formula is C16H17NO3Si. The number of rotatable bonds is 7. The first-order valence-electron chi connectivity index (χ1n) is 6.72. The van der Waals surface area contributed by atoms with E-state index in [0.29, 0.717) is 5.56 Å². The largest absolute Gasteiger partial charge is 0.411 e. The minimum atomic E-state index is -1.65. The van der Waals surface area contributed by atoms with E-state index in [4.69, 9.17) is 4.43 Å². The Hall–Kier alpha value is -2.24. The lowest BCUT2D eigenvalue weighted by atomic mass is 10.2. The molecule has 0 bridgehead atoms. The van der Waals surface area contributed by atoms with Crippen molar-refractivity contribution in [2.75, 3.05) is 0 Å². The van der Waals surface area contributed by atoms with Gasteiger partial charge in [0.25, 0.3) is 5.69 Å². The van der Waals surface area contributed by atoms with Gasteiger partial charge in [0, 0.05) is 6.07 Å². The summed E-state index contributed by atoms with van der Waals surface area (Å²) in [6.45, 7) is 4.03. The Labute approximate surface area is 125 Å². The Morgan fingerprint density at radius 3 is 2.48 bits per heavy atom. The Bertz CT molecular complexity index is 616. The second-order valence-corrected chi connectivity index (χ2v) is 7.07. The van der Waals surface area contributed by atoms with Crippen molar-refractivity contribution in [2.24, 2.45) is 0 Å². The van der Waals surface area contributed by atoms with Crippen LogP contribution in [-0.2, 0) is 11.0 Å². The van der Waals surface area contributed by atoms with Gasteiger partial charge in [0.15, 0.2) is 0 Å². The molecule has 1 unspecified atom stereocenters. The highest BCUT2D eigenvalue weighted by Gasteiger charge is 2.17. The highest BCUT2D eigenvalue weighted by Crippen LogP contribution is 2.19. The molecule has 21 heavy (non-hydrogen) atoms. The Morgan fingerprint density at radius 1 is 1.14 bits per heavy atom. The van der Waals surface area contributed by atoms with Gasteiger partial charge in [0.05, 0.1) is 17.1 Å². The lowest BCUT2D eigenvalue weighted by molar-refractivity contribution is -0.385. The zero-order valence-electron chi connectivity index (χ0n) is 11.6. The van der Waals surface area contributed by atoms with Crippen LogP contribution in [0, 0.1) is 10.1 Å². The number of nitro groups is 1. The summed E-state index contributed by atoms with van der Waals surface area (Å²) in [6, 6.07) is 17.5. The molecule has 2 aromatic rings. The van der Waals surface area contributed by atoms with E-state index in [0.717, 1.165) is 6.04 Å². The van der Waals surface area contributed by atoms with E-state index in [-0.39, 0.29) is 17.2 Å². The molecule has 0 saturated carbocycles. The number of allylic oxidation sites excluding steroid dienone is 1. The summed E-state index contributed by atoms with van der Waals surface area (Å²) < 4.78 is 6.01. The van der Waals surface area contributed by atoms with E-state index < -0.39 is 9.04 Å². The van der Waals surface area contributed by atoms with E-state index >= 15 is 0 Å². The second-order valence-electron chi connectivity index (χ2n) is 4.62. The summed E-state index contributed by atoms with van der Waals surface area (Å²) in [5.41, 5.74) is 0.719. The molecule has 1 atom stereocenters. The first kappa shape index (κ1) is 15.2. The summed E-state index contributed by atoms with van der Waals surface area (Å²) in [7, 11) is -1.65. The van der Waals surface area contributed by atoms with Crippen LogP contribution >= 0.6 is 0 Å². The van der Waals surface area contributed by atoms with Gasteiger partial charge in [-0.2, -0.15) is 0 Å². The lowest BCUT2D eigenvalue weighted by Gasteiger charge is -2.15. The van der Waals surface area contributed by atoms with E-state index in [2.05, 4.69) is 6.58 Å². The standard InChI is InChI=1S/C16H17NO3Si/c1-2-12-21(15-9-4-3-5-10-15)20-13-14-8-6-7-11-16(14)17(18)19/h2-11,21H,1,12-13H2. The Kier molecular flexibility index (Phi) is 5.42. The highest BCUT2D eigenvalue weighted by molar-refractivity contribution is 6.67. The molecule has 0 saturated heterocycles. The van der Waals surface area contributed by atoms with E-state index in [1.54, 1.807) is 18.2 Å². The van der Waals surface area contributed by atoms with Gasteiger partial charge in [0.1, 0.15) is 0 Å². The molecule has 0 aromatic heterocycles. The topological polar surface area (TPSA) is 52.4 Å². The monoisotopic (exact) mass is 299 g/mol. The Balaban J connectivity index is 2.13.